The number of methoxy groups -OCH3 is 2. The van der Waals surface area contributed by atoms with Crippen LogP contribution in [0.25, 0.3) is 5.65 Å². The molecule has 2 aromatic heterocycles. The Balaban J connectivity index is 1.66. The summed E-state index contributed by atoms with van der Waals surface area (Å²) in [5, 5.41) is 2.97. The molecule has 142 valence electrons. The van der Waals surface area contributed by atoms with Gasteiger partial charge in [0.15, 0.2) is 11.5 Å². The maximum absolute atomic E-state index is 12.5. The first-order valence-corrected chi connectivity index (χ1v) is 9.04. The number of pyridine rings is 1. The van der Waals surface area contributed by atoms with Crippen LogP contribution in [0.5, 0.6) is 11.5 Å². The van der Waals surface area contributed by atoms with E-state index in [0.29, 0.717) is 30.0 Å². The van der Waals surface area contributed by atoms with Crippen LogP contribution in [0.2, 0.25) is 0 Å². The quantitative estimate of drug-likeness (QED) is 0.696. The predicted octanol–water partition coefficient (Wildman–Crippen LogP) is 3.19. The lowest BCUT2D eigenvalue weighted by atomic mass is 10.1. The van der Waals surface area contributed by atoms with Crippen LogP contribution < -0.4 is 14.8 Å². The number of nitrogens with zero attached hydrogens (tertiary/aromatic N) is 2. The van der Waals surface area contributed by atoms with Crippen molar-refractivity contribution < 1.29 is 14.3 Å². The van der Waals surface area contributed by atoms with Crippen molar-refractivity contribution in [2.24, 2.45) is 0 Å². The summed E-state index contributed by atoms with van der Waals surface area (Å²) in [4.78, 5) is 17.1. The molecule has 6 nitrogen and oxygen atoms in total. The van der Waals surface area contributed by atoms with Gasteiger partial charge in [-0.05, 0) is 49.6 Å². The molecular formula is C21H25N3O3. The minimum Gasteiger partial charge on any atom is -0.493 e. The number of hydrogen-bond donors (Lipinski definition) is 1. The van der Waals surface area contributed by atoms with Crippen molar-refractivity contribution in [2.45, 2.75) is 26.7 Å². The molecule has 0 atom stereocenters. The summed E-state index contributed by atoms with van der Waals surface area (Å²) < 4.78 is 12.5. The average Bonchev–Trinajstić information content (AvgIpc) is 3.02. The van der Waals surface area contributed by atoms with Gasteiger partial charge in [-0.1, -0.05) is 13.0 Å². The zero-order valence-electron chi connectivity index (χ0n) is 16.2. The van der Waals surface area contributed by atoms with E-state index in [9.17, 15) is 4.79 Å². The number of amides is 1. The van der Waals surface area contributed by atoms with E-state index in [-0.39, 0.29) is 5.91 Å². The Kier molecular flexibility index (Phi) is 5.64. The highest BCUT2D eigenvalue weighted by atomic mass is 16.5. The summed E-state index contributed by atoms with van der Waals surface area (Å²) in [6.07, 6.45) is 3.43. The summed E-state index contributed by atoms with van der Waals surface area (Å²) in [5.41, 5.74) is 4.69. The Morgan fingerprint density at radius 3 is 2.63 bits per heavy atom. The fraction of sp³-hybridized carbons (Fsp3) is 0.333. The molecule has 1 amide bonds. The third-order valence-corrected chi connectivity index (χ3v) is 4.70. The number of nitrogens with one attached hydrogen (secondary N) is 1. The van der Waals surface area contributed by atoms with E-state index in [2.05, 4.69) is 17.2 Å². The Bertz CT molecular complexity index is 963. The lowest BCUT2D eigenvalue weighted by Gasteiger charge is -2.10. The highest BCUT2D eigenvalue weighted by Gasteiger charge is 2.11. The first kappa shape index (κ1) is 18.8. The number of benzene rings is 1. The van der Waals surface area contributed by atoms with Crippen LogP contribution in [0.15, 0.2) is 36.5 Å². The summed E-state index contributed by atoms with van der Waals surface area (Å²) in [6, 6.07) is 9.47. The van der Waals surface area contributed by atoms with Crippen LogP contribution in [-0.2, 0) is 12.8 Å². The van der Waals surface area contributed by atoms with Crippen molar-refractivity contribution in [3.8, 4) is 11.5 Å². The molecule has 6 heteroatoms. The van der Waals surface area contributed by atoms with Gasteiger partial charge in [-0.25, -0.2) is 4.98 Å². The number of carbonyl (C=O) groups excluding carboxylic acids is 1. The second-order valence-electron chi connectivity index (χ2n) is 6.34. The second-order valence-corrected chi connectivity index (χ2v) is 6.34. The SMILES string of the molecule is CCc1nc2ccc(C(=O)NCCc3ccc(OC)c(OC)c3)cn2c1C. The monoisotopic (exact) mass is 367 g/mol. The van der Waals surface area contributed by atoms with E-state index in [1.807, 2.05) is 47.9 Å². The zero-order valence-corrected chi connectivity index (χ0v) is 16.2. The van der Waals surface area contributed by atoms with Crippen molar-refractivity contribution in [2.75, 3.05) is 20.8 Å². The van der Waals surface area contributed by atoms with Gasteiger partial charge >= 0.3 is 0 Å². The highest BCUT2D eigenvalue weighted by molar-refractivity contribution is 5.94. The van der Waals surface area contributed by atoms with Gasteiger partial charge in [0, 0.05) is 18.4 Å². The van der Waals surface area contributed by atoms with Gasteiger partial charge in [0.1, 0.15) is 5.65 Å². The van der Waals surface area contributed by atoms with Gasteiger partial charge in [-0.3, -0.25) is 4.79 Å². The van der Waals surface area contributed by atoms with E-state index in [0.717, 1.165) is 29.0 Å². The Hall–Kier alpha value is -3.02. The maximum Gasteiger partial charge on any atom is 0.252 e. The summed E-state index contributed by atoms with van der Waals surface area (Å²) in [6.45, 7) is 4.64. The molecule has 0 aliphatic rings. The summed E-state index contributed by atoms with van der Waals surface area (Å²) >= 11 is 0. The van der Waals surface area contributed by atoms with E-state index in [4.69, 9.17) is 9.47 Å². The summed E-state index contributed by atoms with van der Waals surface area (Å²) in [7, 11) is 3.22. The maximum atomic E-state index is 12.5. The zero-order chi connectivity index (χ0) is 19.4. The number of rotatable bonds is 7. The van der Waals surface area contributed by atoms with E-state index >= 15 is 0 Å². The standard InChI is InChI=1S/C21H25N3O3/c1-5-17-14(2)24-13-16(7-9-20(24)23-17)21(25)22-11-10-15-6-8-18(26-3)19(12-15)27-4/h6-9,12-13H,5,10-11H2,1-4H3,(H,22,25). The van der Waals surface area contributed by atoms with Gasteiger partial charge in [0.2, 0.25) is 0 Å². The molecule has 0 radical (unpaired) electrons. The Morgan fingerprint density at radius 2 is 1.93 bits per heavy atom. The minimum absolute atomic E-state index is 0.0940. The lowest BCUT2D eigenvalue weighted by molar-refractivity contribution is 0.0953. The first-order valence-electron chi connectivity index (χ1n) is 9.04. The van der Waals surface area contributed by atoms with Crippen LogP contribution in [0, 0.1) is 6.92 Å². The topological polar surface area (TPSA) is 64.9 Å². The molecule has 3 aromatic rings. The number of carbonyl (C=O) groups is 1. The molecular weight excluding hydrogens is 342 g/mol. The van der Waals surface area contributed by atoms with Crippen molar-refractivity contribution in [1.29, 1.82) is 0 Å². The lowest BCUT2D eigenvalue weighted by Crippen LogP contribution is -2.26. The van der Waals surface area contributed by atoms with Crippen LogP contribution in [0.3, 0.4) is 0 Å². The molecule has 0 bridgehead atoms. The van der Waals surface area contributed by atoms with Crippen molar-refractivity contribution in [1.82, 2.24) is 14.7 Å². The molecule has 0 saturated carbocycles. The van der Waals surface area contributed by atoms with Gasteiger partial charge in [0.05, 0.1) is 25.5 Å². The number of ether oxygens (including phenoxy) is 2. The van der Waals surface area contributed by atoms with Gasteiger partial charge in [0.25, 0.3) is 5.91 Å². The number of aromatic nitrogens is 2. The molecule has 1 aromatic carbocycles. The minimum atomic E-state index is -0.0940. The highest BCUT2D eigenvalue weighted by Crippen LogP contribution is 2.27. The smallest absolute Gasteiger partial charge is 0.252 e. The predicted molar refractivity (Wildman–Crippen MR) is 105 cm³/mol. The Labute approximate surface area is 159 Å². The van der Waals surface area contributed by atoms with Crippen LogP contribution >= 0.6 is 0 Å². The van der Waals surface area contributed by atoms with Gasteiger partial charge in [-0.2, -0.15) is 0 Å². The van der Waals surface area contributed by atoms with Crippen LogP contribution in [-0.4, -0.2) is 36.1 Å². The van der Waals surface area contributed by atoms with E-state index in [1.54, 1.807) is 14.2 Å². The fourth-order valence-corrected chi connectivity index (χ4v) is 3.14. The molecule has 0 aliphatic carbocycles. The van der Waals surface area contributed by atoms with Crippen LogP contribution in [0.1, 0.15) is 34.2 Å². The fourth-order valence-electron chi connectivity index (χ4n) is 3.14. The summed E-state index contributed by atoms with van der Waals surface area (Å²) in [5.74, 6) is 1.29. The molecule has 0 aliphatic heterocycles. The average molecular weight is 367 g/mol. The normalized spacial score (nSPS) is 10.8. The second kappa shape index (κ2) is 8.12. The number of aryl methyl sites for hydroxylation is 2. The largest absolute Gasteiger partial charge is 0.493 e. The molecule has 0 unspecified atom stereocenters. The molecule has 3 rings (SSSR count). The van der Waals surface area contributed by atoms with Gasteiger partial charge < -0.3 is 19.2 Å². The number of hydrogen-bond acceptors (Lipinski definition) is 4. The van der Waals surface area contributed by atoms with Gasteiger partial charge in [-0.15, -0.1) is 0 Å². The molecule has 0 saturated heterocycles. The van der Waals surface area contributed by atoms with E-state index < -0.39 is 0 Å². The van der Waals surface area contributed by atoms with Crippen molar-refractivity contribution >= 4 is 11.6 Å². The molecule has 0 fully saturated rings. The molecule has 0 spiro atoms. The molecule has 27 heavy (non-hydrogen) atoms. The van der Waals surface area contributed by atoms with E-state index in [1.165, 1.54) is 0 Å². The third kappa shape index (κ3) is 3.89. The number of fused-ring (bicyclic) bond motifs is 1. The third-order valence-electron chi connectivity index (χ3n) is 4.70. The Morgan fingerprint density at radius 1 is 1.15 bits per heavy atom. The molecule has 2 heterocycles. The molecule has 1 N–H and O–H groups in total. The first-order chi connectivity index (χ1) is 13.1. The van der Waals surface area contributed by atoms with Crippen molar-refractivity contribution in [3.63, 3.8) is 0 Å². The van der Waals surface area contributed by atoms with Crippen LogP contribution in [0.4, 0.5) is 0 Å². The number of imidazole rings is 1. The van der Waals surface area contributed by atoms with Crippen molar-refractivity contribution in [3.05, 3.63) is 59.0 Å².